The number of hydrogen-bond donors (Lipinski definition) is 1. The number of ether oxygens (including phenoxy) is 4. The minimum Gasteiger partial charge on any atom is -0.497 e. The first kappa shape index (κ1) is 23.6. The zero-order valence-corrected chi connectivity index (χ0v) is 17.7. The molecule has 1 N–H and O–H groups in total. The van der Waals surface area contributed by atoms with Crippen LogP contribution in [0.25, 0.3) is 0 Å². The standard InChI is InChI=1S/C23H24F3NO5/c1-4-11-30-19-10-7-16(12-18(19)23(24,25)26)27-21(28)22(2)13-31-20(32-14-22)15-5-8-17(29-3)9-6-15/h4-10,12,20H,1,11,13-14H2,2-3H3,(H,27,28). The van der Waals surface area contributed by atoms with Gasteiger partial charge in [0.1, 0.15) is 18.1 Å². The molecule has 2 aromatic carbocycles. The van der Waals surface area contributed by atoms with Crippen molar-refractivity contribution in [2.75, 3.05) is 32.2 Å². The van der Waals surface area contributed by atoms with Crippen molar-refractivity contribution in [3.8, 4) is 11.5 Å². The van der Waals surface area contributed by atoms with Gasteiger partial charge in [0.15, 0.2) is 6.29 Å². The number of amides is 1. The van der Waals surface area contributed by atoms with Gasteiger partial charge in [-0.3, -0.25) is 4.79 Å². The van der Waals surface area contributed by atoms with E-state index in [9.17, 15) is 18.0 Å². The minimum atomic E-state index is -4.65. The highest BCUT2D eigenvalue weighted by Gasteiger charge is 2.40. The lowest BCUT2D eigenvalue weighted by Gasteiger charge is -2.36. The zero-order valence-electron chi connectivity index (χ0n) is 17.7. The van der Waals surface area contributed by atoms with E-state index in [1.165, 1.54) is 12.1 Å². The molecule has 172 valence electrons. The highest BCUT2D eigenvalue weighted by atomic mass is 19.4. The lowest BCUT2D eigenvalue weighted by molar-refractivity contribution is -0.226. The molecule has 1 amide bonds. The summed E-state index contributed by atoms with van der Waals surface area (Å²) in [6, 6.07) is 10.5. The van der Waals surface area contributed by atoms with Crippen molar-refractivity contribution >= 4 is 11.6 Å². The lowest BCUT2D eigenvalue weighted by Crippen LogP contribution is -2.45. The van der Waals surface area contributed by atoms with E-state index in [1.807, 2.05) is 0 Å². The van der Waals surface area contributed by atoms with E-state index in [4.69, 9.17) is 18.9 Å². The molecule has 0 spiro atoms. The number of methoxy groups -OCH3 is 1. The quantitative estimate of drug-likeness (QED) is 0.603. The Balaban J connectivity index is 1.68. The summed E-state index contributed by atoms with van der Waals surface area (Å²) < 4.78 is 61.9. The molecule has 0 atom stereocenters. The van der Waals surface area contributed by atoms with Crippen LogP contribution < -0.4 is 14.8 Å². The highest BCUT2D eigenvalue weighted by Crippen LogP contribution is 2.39. The van der Waals surface area contributed by atoms with Crippen molar-refractivity contribution in [3.05, 3.63) is 66.2 Å². The topological polar surface area (TPSA) is 66.0 Å². The first-order valence-electron chi connectivity index (χ1n) is 9.80. The van der Waals surface area contributed by atoms with Crippen molar-refractivity contribution in [2.24, 2.45) is 5.41 Å². The van der Waals surface area contributed by atoms with Gasteiger partial charge in [0.25, 0.3) is 0 Å². The van der Waals surface area contributed by atoms with E-state index in [2.05, 4.69) is 11.9 Å². The predicted octanol–water partition coefficient (Wildman–Crippen LogP) is 4.97. The molecule has 0 unspecified atom stereocenters. The van der Waals surface area contributed by atoms with Gasteiger partial charge in [-0.2, -0.15) is 13.2 Å². The second-order valence-electron chi connectivity index (χ2n) is 7.55. The van der Waals surface area contributed by atoms with Crippen molar-refractivity contribution < 1.29 is 36.9 Å². The molecule has 3 rings (SSSR count). The molecule has 1 fully saturated rings. The third kappa shape index (κ3) is 5.41. The lowest BCUT2D eigenvalue weighted by atomic mass is 9.90. The maximum Gasteiger partial charge on any atom is 0.420 e. The number of carbonyl (C=O) groups is 1. The molecule has 9 heteroatoms. The summed E-state index contributed by atoms with van der Waals surface area (Å²) >= 11 is 0. The van der Waals surface area contributed by atoms with Gasteiger partial charge in [-0.15, -0.1) is 0 Å². The van der Waals surface area contributed by atoms with Crippen molar-refractivity contribution in [2.45, 2.75) is 19.4 Å². The van der Waals surface area contributed by atoms with Crippen LogP contribution in [-0.2, 0) is 20.4 Å². The Morgan fingerprint density at radius 2 is 1.88 bits per heavy atom. The van der Waals surface area contributed by atoms with Crippen molar-refractivity contribution in [3.63, 3.8) is 0 Å². The van der Waals surface area contributed by atoms with E-state index in [0.29, 0.717) is 5.75 Å². The number of benzene rings is 2. The van der Waals surface area contributed by atoms with E-state index in [-0.39, 0.29) is 31.3 Å². The first-order valence-corrected chi connectivity index (χ1v) is 9.80. The molecule has 1 saturated heterocycles. The van der Waals surface area contributed by atoms with Crippen LogP contribution in [0.4, 0.5) is 18.9 Å². The largest absolute Gasteiger partial charge is 0.497 e. The number of halogens is 3. The maximum atomic E-state index is 13.4. The van der Waals surface area contributed by atoms with E-state index in [1.54, 1.807) is 38.3 Å². The second-order valence-corrected chi connectivity index (χ2v) is 7.55. The fourth-order valence-electron chi connectivity index (χ4n) is 3.08. The summed E-state index contributed by atoms with van der Waals surface area (Å²) in [6.07, 6.45) is -3.96. The third-order valence-corrected chi connectivity index (χ3v) is 4.94. The number of alkyl halides is 3. The Labute approximate surface area is 183 Å². The Morgan fingerprint density at radius 3 is 2.44 bits per heavy atom. The van der Waals surface area contributed by atoms with E-state index in [0.717, 1.165) is 17.7 Å². The average Bonchev–Trinajstić information content (AvgIpc) is 2.78. The van der Waals surface area contributed by atoms with Crippen LogP contribution in [0, 0.1) is 5.41 Å². The van der Waals surface area contributed by atoms with E-state index < -0.39 is 29.4 Å². The maximum absolute atomic E-state index is 13.4. The number of anilines is 1. The molecule has 1 heterocycles. The van der Waals surface area contributed by atoms with Gasteiger partial charge < -0.3 is 24.3 Å². The van der Waals surface area contributed by atoms with Crippen molar-refractivity contribution in [1.29, 1.82) is 0 Å². The Kier molecular flexibility index (Phi) is 7.10. The highest BCUT2D eigenvalue weighted by molar-refractivity contribution is 5.95. The molecule has 2 aromatic rings. The molecule has 0 aromatic heterocycles. The van der Waals surface area contributed by atoms with Crippen LogP contribution in [-0.4, -0.2) is 32.8 Å². The number of nitrogens with one attached hydrogen (secondary N) is 1. The van der Waals surface area contributed by atoms with Crippen LogP contribution in [0.2, 0.25) is 0 Å². The van der Waals surface area contributed by atoms with E-state index >= 15 is 0 Å². The Bertz CT molecular complexity index is 951. The van der Waals surface area contributed by atoms with Gasteiger partial charge in [-0.1, -0.05) is 24.8 Å². The number of carbonyl (C=O) groups excluding carboxylic acids is 1. The fourth-order valence-corrected chi connectivity index (χ4v) is 3.08. The molecular weight excluding hydrogens is 427 g/mol. The molecule has 32 heavy (non-hydrogen) atoms. The molecule has 0 bridgehead atoms. The Morgan fingerprint density at radius 1 is 1.22 bits per heavy atom. The minimum absolute atomic E-state index is 0.00761. The number of rotatable bonds is 7. The molecule has 1 aliphatic heterocycles. The van der Waals surface area contributed by atoms with Crippen molar-refractivity contribution in [1.82, 2.24) is 0 Å². The normalized spacial score (nSPS) is 21.0. The summed E-state index contributed by atoms with van der Waals surface area (Å²) in [4.78, 5) is 12.8. The molecule has 0 radical (unpaired) electrons. The second kappa shape index (κ2) is 9.62. The average molecular weight is 451 g/mol. The molecule has 6 nitrogen and oxygen atoms in total. The zero-order chi connectivity index (χ0) is 23.4. The van der Waals surface area contributed by atoms with Gasteiger partial charge in [-0.05, 0) is 37.3 Å². The van der Waals surface area contributed by atoms with Crippen LogP contribution in [0.1, 0.15) is 24.3 Å². The van der Waals surface area contributed by atoms with Gasteiger partial charge in [-0.25, -0.2) is 0 Å². The Hall–Kier alpha value is -3.04. The molecule has 0 aliphatic carbocycles. The summed E-state index contributed by atoms with van der Waals surface area (Å²) in [5.41, 5.74) is -1.32. The predicted molar refractivity (Wildman–Crippen MR) is 112 cm³/mol. The molecule has 1 aliphatic rings. The van der Waals surface area contributed by atoms with Crippen LogP contribution in [0.5, 0.6) is 11.5 Å². The number of hydrogen-bond acceptors (Lipinski definition) is 5. The van der Waals surface area contributed by atoms with Gasteiger partial charge in [0.05, 0.1) is 31.3 Å². The van der Waals surface area contributed by atoms with Crippen LogP contribution in [0.15, 0.2) is 55.1 Å². The smallest absolute Gasteiger partial charge is 0.420 e. The molecule has 0 saturated carbocycles. The van der Waals surface area contributed by atoms with Gasteiger partial charge in [0.2, 0.25) is 5.91 Å². The van der Waals surface area contributed by atoms with Gasteiger partial charge >= 0.3 is 6.18 Å². The molecular formula is C23H24F3NO5. The fraction of sp³-hybridized carbons (Fsp3) is 0.348. The van der Waals surface area contributed by atoms with Crippen LogP contribution >= 0.6 is 0 Å². The monoisotopic (exact) mass is 451 g/mol. The first-order chi connectivity index (χ1) is 15.2. The summed E-state index contributed by atoms with van der Waals surface area (Å²) in [7, 11) is 1.56. The summed E-state index contributed by atoms with van der Waals surface area (Å²) in [5, 5.41) is 2.53. The van der Waals surface area contributed by atoms with Crippen LogP contribution in [0.3, 0.4) is 0 Å². The third-order valence-electron chi connectivity index (χ3n) is 4.94. The summed E-state index contributed by atoms with van der Waals surface area (Å²) in [5.74, 6) is -0.167. The SMILES string of the molecule is C=CCOc1ccc(NC(=O)C2(C)COC(c3ccc(OC)cc3)OC2)cc1C(F)(F)F. The van der Waals surface area contributed by atoms with Gasteiger partial charge in [0, 0.05) is 11.3 Å². The summed E-state index contributed by atoms with van der Waals surface area (Å²) in [6.45, 7) is 5.03.